The molecule has 1 fully saturated rings. The highest BCUT2D eigenvalue weighted by molar-refractivity contribution is 5.93. The first-order valence-corrected chi connectivity index (χ1v) is 8.65. The molecule has 1 aromatic carbocycles. The third-order valence-corrected chi connectivity index (χ3v) is 4.55. The molecule has 1 saturated carbocycles. The average molecular weight is 335 g/mol. The smallest absolute Gasteiger partial charge is 0.321 e. The normalized spacial score (nSPS) is 15.0. The Bertz CT molecular complexity index is 559. The van der Waals surface area contributed by atoms with Crippen LogP contribution in [0.2, 0.25) is 0 Å². The van der Waals surface area contributed by atoms with Crippen LogP contribution in [-0.2, 0) is 4.79 Å². The van der Waals surface area contributed by atoms with Crippen molar-refractivity contribution in [3.8, 4) is 0 Å². The Hall–Kier alpha value is -2.11. The number of amides is 3. The molecule has 3 N–H and O–H groups in total. The topological polar surface area (TPSA) is 75.4 Å². The van der Waals surface area contributed by atoms with Crippen molar-refractivity contribution in [2.24, 2.45) is 11.7 Å². The molecule has 1 aromatic rings. The average Bonchev–Trinajstić information content (AvgIpc) is 2.57. The molecule has 0 spiro atoms. The molecule has 24 heavy (non-hydrogen) atoms. The van der Waals surface area contributed by atoms with Gasteiger partial charge in [-0.25, -0.2) is 9.18 Å². The summed E-state index contributed by atoms with van der Waals surface area (Å²) in [7, 11) is 0. The summed E-state index contributed by atoms with van der Waals surface area (Å²) in [6.07, 6.45) is 7.26. The molecular weight excluding hydrogens is 309 g/mol. The van der Waals surface area contributed by atoms with Gasteiger partial charge in [-0.2, -0.15) is 0 Å². The van der Waals surface area contributed by atoms with E-state index in [-0.39, 0.29) is 18.3 Å². The SMILES string of the molecule is NC(=O)N(CCNc1cccc(F)c1)C(=O)CCC1CCCCC1. The summed E-state index contributed by atoms with van der Waals surface area (Å²) in [5.74, 6) is 0.0206. The second-order valence-electron chi connectivity index (χ2n) is 6.36. The fraction of sp³-hybridized carbons (Fsp3) is 0.556. The van der Waals surface area contributed by atoms with Crippen molar-refractivity contribution in [2.45, 2.75) is 44.9 Å². The number of imide groups is 1. The summed E-state index contributed by atoms with van der Waals surface area (Å²) in [6.45, 7) is 0.511. The van der Waals surface area contributed by atoms with Gasteiger partial charge in [0.25, 0.3) is 0 Å². The predicted molar refractivity (Wildman–Crippen MR) is 92.0 cm³/mol. The van der Waals surface area contributed by atoms with Crippen molar-refractivity contribution < 1.29 is 14.0 Å². The molecule has 0 aromatic heterocycles. The van der Waals surface area contributed by atoms with Crippen LogP contribution in [0.25, 0.3) is 0 Å². The molecule has 0 saturated heterocycles. The minimum Gasteiger partial charge on any atom is -0.383 e. The van der Waals surface area contributed by atoms with Crippen LogP contribution in [0.15, 0.2) is 24.3 Å². The maximum absolute atomic E-state index is 13.1. The number of halogens is 1. The number of primary amides is 1. The number of nitrogens with zero attached hydrogens (tertiary/aromatic N) is 1. The number of nitrogens with one attached hydrogen (secondary N) is 1. The minimum absolute atomic E-state index is 0.176. The van der Waals surface area contributed by atoms with E-state index in [2.05, 4.69) is 5.32 Å². The third-order valence-electron chi connectivity index (χ3n) is 4.55. The Kier molecular flexibility index (Phi) is 7.03. The summed E-state index contributed by atoms with van der Waals surface area (Å²) in [5.41, 5.74) is 5.93. The molecule has 0 atom stereocenters. The van der Waals surface area contributed by atoms with Gasteiger partial charge in [0.1, 0.15) is 5.82 Å². The number of anilines is 1. The highest BCUT2D eigenvalue weighted by Crippen LogP contribution is 2.27. The van der Waals surface area contributed by atoms with Gasteiger partial charge >= 0.3 is 6.03 Å². The highest BCUT2D eigenvalue weighted by atomic mass is 19.1. The van der Waals surface area contributed by atoms with Crippen molar-refractivity contribution >= 4 is 17.6 Å². The fourth-order valence-electron chi connectivity index (χ4n) is 3.21. The molecular formula is C18H26FN3O2. The van der Waals surface area contributed by atoms with E-state index in [0.29, 0.717) is 24.6 Å². The summed E-state index contributed by atoms with van der Waals surface area (Å²) < 4.78 is 13.1. The van der Waals surface area contributed by atoms with Crippen molar-refractivity contribution in [1.82, 2.24) is 4.90 Å². The number of hydrogen-bond acceptors (Lipinski definition) is 3. The predicted octanol–water partition coefficient (Wildman–Crippen LogP) is 3.51. The molecule has 6 heteroatoms. The van der Waals surface area contributed by atoms with Gasteiger partial charge in [-0.05, 0) is 30.5 Å². The van der Waals surface area contributed by atoms with Crippen LogP contribution < -0.4 is 11.1 Å². The van der Waals surface area contributed by atoms with Gasteiger partial charge in [-0.3, -0.25) is 9.69 Å². The van der Waals surface area contributed by atoms with Crippen molar-refractivity contribution in [2.75, 3.05) is 18.4 Å². The van der Waals surface area contributed by atoms with Gasteiger partial charge in [0.2, 0.25) is 5.91 Å². The zero-order valence-corrected chi connectivity index (χ0v) is 14.0. The van der Waals surface area contributed by atoms with Crippen LogP contribution in [-0.4, -0.2) is 29.9 Å². The lowest BCUT2D eigenvalue weighted by atomic mass is 9.86. The van der Waals surface area contributed by atoms with Gasteiger partial charge in [-0.15, -0.1) is 0 Å². The second kappa shape index (κ2) is 9.25. The lowest BCUT2D eigenvalue weighted by molar-refractivity contribution is -0.128. The zero-order valence-electron chi connectivity index (χ0n) is 14.0. The molecule has 2 rings (SSSR count). The van der Waals surface area contributed by atoms with Crippen LogP contribution in [0, 0.1) is 11.7 Å². The van der Waals surface area contributed by atoms with Gasteiger partial charge in [-0.1, -0.05) is 38.2 Å². The van der Waals surface area contributed by atoms with Crippen molar-refractivity contribution in [3.63, 3.8) is 0 Å². The summed E-state index contributed by atoms with van der Waals surface area (Å²) in [5, 5.41) is 2.99. The van der Waals surface area contributed by atoms with E-state index in [1.807, 2.05) is 0 Å². The second-order valence-corrected chi connectivity index (χ2v) is 6.36. The van der Waals surface area contributed by atoms with Crippen LogP contribution in [0.5, 0.6) is 0 Å². The first-order chi connectivity index (χ1) is 11.6. The standard InChI is InChI=1S/C18H26FN3O2/c19-15-7-4-8-16(13-15)21-11-12-22(18(20)24)17(23)10-9-14-5-2-1-3-6-14/h4,7-8,13-14,21H,1-3,5-6,9-12H2,(H2,20,24). The van der Waals surface area contributed by atoms with Gasteiger partial charge in [0.05, 0.1) is 0 Å². The molecule has 0 bridgehead atoms. The number of benzene rings is 1. The number of hydrogen-bond donors (Lipinski definition) is 2. The lowest BCUT2D eigenvalue weighted by Gasteiger charge is -2.23. The molecule has 0 aliphatic heterocycles. The van der Waals surface area contributed by atoms with Crippen LogP contribution in [0.3, 0.4) is 0 Å². The number of urea groups is 1. The van der Waals surface area contributed by atoms with Gasteiger partial charge < -0.3 is 11.1 Å². The number of carbonyl (C=O) groups is 2. The number of rotatable bonds is 7. The van der Waals surface area contributed by atoms with E-state index in [4.69, 9.17) is 5.73 Å². The van der Waals surface area contributed by atoms with E-state index < -0.39 is 6.03 Å². The molecule has 132 valence electrons. The van der Waals surface area contributed by atoms with Crippen molar-refractivity contribution in [1.29, 1.82) is 0 Å². The monoisotopic (exact) mass is 335 g/mol. The van der Waals surface area contributed by atoms with E-state index in [1.165, 1.54) is 44.2 Å². The Morgan fingerprint density at radius 3 is 2.67 bits per heavy atom. The van der Waals surface area contributed by atoms with Crippen LogP contribution in [0.4, 0.5) is 14.9 Å². The maximum Gasteiger partial charge on any atom is 0.321 e. The summed E-state index contributed by atoms with van der Waals surface area (Å²) in [6, 6.07) is 5.31. The Labute approximate surface area is 142 Å². The number of nitrogens with two attached hydrogens (primary N) is 1. The lowest BCUT2D eigenvalue weighted by Crippen LogP contribution is -2.43. The molecule has 0 radical (unpaired) electrons. The fourth-order valence-corrected chi connectivity index (χ4v) is 3.21. The van der Waals surface area contributed by atoms with E-state index >= 15 is 0 Å². The summed E-state index contributed by atoms with van der Waals surface area (Å²) in [4.78, 5) is 24.9. The molecule has 5 nitrogen and oxygen atoms in total. The van der Waals surface area contributed by atoms with Gasteiger partial charge in [0, 0.05) is 25.2 Å². The van der Waals surface area contributed by atoms with E-state index in [9.17, 15) is 14.0 Å². The quantitative estimate of drug-likeness (QED) is 0.801. The molecule has 0 heterocycles. The van der Waals surface area contributed by atoms with E-state index in [1.54, 1.807) is 12.1 Å². The molecule has 1 aliphatic carbocycles. The minimum atomic E-state index is -0.732. The van der Waals surface area contributed by atoms with Gasteiger partial charge in [0.15, 0.2) is 0 Å². The summed E-state index contributed by atoms with van der Waals surface area (Å²) >= 11 is 0. The number of carbonyl (C=O) groups excluding carboxylic acids is 2. The first kappa shape index (κ1) is 18.2. The Morgan fingerprint density at radius 1 is 1.25 bits per heavy atom. The highest BCUT2D eigenvalue weighted by Gasteiger charge is 2.21. The first-order valence-electron chi connectivity index (χ1n) is 8.65. The van der Waals surface area contributed by atoms with Crippen LogP contribution >= 0.6 is 0 Å². The zero-order chi connectivity index (χ0) is 17.4. The van der Waals surface area contributed by atoms with Crippen molar-refractivity contribution in [3.05, 3.63) is 30.1 Å². The Morgan fingerprint density at radius 2 is 2.00 bits per heavy atom. The third kappa shape index (κ3) is 5.83. The Balaban J connectivity index is 1.77. The van der Waals surface area contributed by atoms with Crippen LogP contribution in [0.1, 0.15) is 44.9 Å². The molecule has 3 amide bonds. The maximum atomic E-state index is 13.1. The van der Waals surface area contributed by atoms with E-state index in [0.717, 1.165) is 11.3 Å². The molecule has 1 aliphatic rings. The molecule has 0 unspecified atom stereocenters. The largest absolute Gasteiger partial charge is 0.383 e.